The summed E-state index contributed by atoms with van der Waals surface area (Å²) in [6.07, 6.45) is 4.41. The van der Waals surface area contributed by atoms with Crippen molar-refractivity contribution in [3.8, 4) is 0 Å². The van der Waals surface area contributed by atoms with Crippen LogP contribution in [0.4, 0.5) is 4.39 Å². The van der Waals surface area contributed by atoms with Crippen LogP contribution in [0.15, 0.2) is 0 Å². The summed E-state index contributed by atoms with van der Waals surface area (Å²) in [5.41, 5.74) is -0.599. The molecule has 0 aromatic carbocycles. The fourth-order valence-corrected chi connectivity index (χ4v) is 2.47. The minimum absolute atomic E-state index is 0.189. The van der Waals surface area contributed by atoms with E-state index < -0.39 is 5.67 Å². The third-order valence-corrected chi connectivity index (χ3v) is 3.29. The molecule has 0 saturated heterocycles. The first kappa shape index (κ1) is 6.59. The summed E-state index contributed by atoms with van der Waals surface area (Å²) in [6, 6.07) is 0. The van der Waals surface area contributed by atoms with Gasteiger partial charge in [0.15, 0.2) is 0 Å². The molecule has 2 aliphatic rings. The highest BCUT2D eigenvalue weighted by Gasteiger charge is 2.53. The molecular weight excluding hydrogens is 129 g/mol. The van der Waals surface area contributed by atoms with E-state index in [4.69, 9.17) is 0 Å². The number of hydrogen-bond donors (Lipinski definition) is 1. The van der Waals surface area contributed by atoms with Gasteiger partial charge in [-0.15, -0.1) is 0 Å². The second-order valence-corrected chi connectivity index (χ2v) is 3.86. The molecule has 0 aromatic rings. The van der Waals surface area contributed by atoms with Gasteiger partial charge in [-0.1, -0.05) is 0 Å². The Morgan fingerprint density at radius 2 is 1.80 bits per heavy atom. The molecule has 2 rings (SSSR count). The molecule has 2 aliphatic carbocycles. The molecule has 2 heteroatoms. The van der Waals surface area contributed by atoms with Gasteiger partial charge in [-0.05, 0) is 39.2 Å². The Labute approximate surface area is 61.0 Å². The van der Waals surface area contributed by atoms with Gasteiger partial charge in [-0.2, -0.15) is 0 Å². The van der Waals surface area contributed by atoms with Crippen LogP contribution in [-0.4, -0.2) is 18.3 Å². The van der Waals surface area contributed by atoms with Crippen molar-refractivity contribution in [1.82, 2.24) is 5.32 Å². The average molecular weight is 143 g/mol. The van der Waals surface area contributed by atoms with E-state index in [2.05, 4.69) is 5.32 Å². The van der Waals surface area contributed by atoms with E-state index in [0.717, 1.165) is 32.1 Å². The summed E-state index contributed by atoms with van der Waals surface area (Å²) < 4.78 is 13.5. The summed E-state index contributed by atoms with van der Waals surface area (Å²) in [5.74, 6) is 0. The van der Waals surface area contributed by atoms with Crippen molar-refractivity contribution in [3.05, 3.63) is 0 Å². The van der Waals surface area contributed by atoms with Crippen LogP contribution in [0.1, 0.15) is 32.1 Å². The minimum Gasteiger partial charge on any atom is -0.314 e. The van der Waals surface area contributed by atoms with Crippen LogP contribution in [0.25, 0.3) is 0 Å². The Morgan fingerprint density at radius 1 is 1.20 bits per heavy atom. The lowest BCUT2D eigenvalue weighted by Crippen LogP contribution is -2.37. The zero-order valence-corrected chi connectivity index (χ0v) is 6.41. The second-order valence-electron chi connectivity index (χ2n) is 3.86. The number of fused-ring (bicyclic) bond motifs is 2. The first-order valence-electron chi connectivity index (χ1n) is 4.06. The standard InChI is InChI=1S/C8H14FN/c1-10-8-4-2-7(9,6-8)3-5-8/h10H,2-6H2,1H3. The van der Waals surface area contributed by atoms with Crippen molar-refractivity contribution in [1.29, 1.82) is 0 Å². The third-order valence-electron chi connectivity index (χ3n) is 3.29. The summed E-state index contributed by atoms with van der Waals surface area (Å²) in [5, 5.41) is 3.25. The predicted molar refractivity (Wildman–Crippen MR) is 38.7 cm³/mol. The van der Waals surface area contributed by atoms with Crippen LogP contribution in [0, 0.1) is 0 Å². The lowest BCUT2D eigenvalue weighted by atomic mass is 9.93. The SMILES string of the molecule is CNC12CCC(F)(CC1)C2. The van der Waals surface area contributed by atoms with Crippen molar-refractivity contribution in [2.75, 3.05) is 7.05 Å². The Kier molecular flexibility index (Phi) is 1.14. The van der Waals surface area contributed by atoms with Crippen LogP contribution < -0.4 is 5.32 Å². The molecule has 1 nitrogen and oxygen atoms in total. The van der Waals surface area contributed by atoms with Gasteiger partial charge in [0.05, 0.1) is 0 Å². The van der Waals surface area contributed by atoms with E-state index in [9.17, 15) is 4.39 Å². The zero-order valence-electron chi connectivity index (χ0n) is 6.41. The smallest absolute Gasteiger partial charge is 0.113 e. The van der Waals surface area contributed by atoms with E-state index in [-0.39, 0.29) is 5.54 Å². The van der Waals surface area contributed by atoms with E-state index in [0.29, 0.717) is 0 Å². The summed E-state index contributed by atoms with van der Waals surface area (Å²) in [7, 11) is 1.96. The molecule has 0 radical (unpaired) electrons. The maximum atomic E-state index is 13.5. The van der Waals surface area contributed by atoms with Crippen LogP contribution >= 0.6 is 0 Å². The summed E-state index contributed by atoms with van der Waals surface area (Å²) >= 11 is 0. The maximum absolute atomic E-state index is 13.5. The monoisotopic (exact) mass is 143 g/mol. The number of alkyl halides is 1. The Balaban J connectivity index is 2.19. The highest BCUT2D eigenvalue weighted by atomic mass is 19.1. The Morgan fingerprint density at radius 3 is 2.00 bits per heavy atom. The number of rotatable bonds is 1. The number of halogens is 1. The normalized spacial score (nSPS) is 52.2. The first-order valence-corrected chi connectivity index (χ1v) is 4.06. The fourth-order valence-electron chi connectivity index (χ4n) is 2.47. The molecule has 0 heterocycles. The lowest BCUT2D eigenvalue weighted by molar-refractivity contribution is 0.176. The van der Waals surface area contributed by atoms with Crippen LogP contribution in [0.2, 0.25) is 0 Å². The molecule has 10 heavy (non-hydrogen) atoms. The van der Waals surface area contributed by atoms with Gasteiger partial charge in [-0.3, -0.25) is 0 Å². The van der Waals surface area contributed by atoms with E-state index in [1.165, 1.54) is 0 Å². The van der Waals surface area contributed by atoms with Gasteiger partial charge in [0.1, 0.15) is 5.67 Å². The lowest BCUT2D eigenvalue weighted by Gasteiger charge is -2.24. The van der Waals surface area contributed by atoms with Crippen molar-refractivity contribution < 1.29 is 4.39 Å². The van der Waals surface area contributed by atoms with E-state index in [1.54, 1.807) is 0 Å². The maximum Gasteiger partial charge on any atom is 0.113 e. The van der Waals surface area contributed by atoms with Crippen molar-refractivity contribution in [2.45, 2.75) is 43.3 Å². The second kappa shape index (κ2) is 1.73. The molecule has 0 aliphatic heterocycles. The highest BCUT2D eigenvalue weighted by molar-refractivity contribution is 5.10. The molecule has 0 atom stereocenters. The van der Waals surface area contributed by atoms with Gasteiger partial charge in [0.2, 0.25) is 0 Å². The number of hydrogen-bond acceptors (Lipinski definition) is 1. The molecule has 0 aromatic heterocycles. The minimum atomic E-state index is -0.789. The molecular formula is C8H14FN. The van der Waals surface area contributed by atoms with Gasteiger partial charge >= 0.3 is 0 Å². The largest absolute Gasteiger partial charge is 0.314 e. The molecule has 0 amide bonds. The third kappa shape index (κ3) is 0.715. The summed E-state index contributed by atoms with van der Waals surface area (Å²) in [6.45, 7) is 0. The van der Waals surface area contributed by atoms with Crippen molar-refractivity contribution >= 4 is 0 Å². The summed E-state index contributed by atoms with van der Waals surface area (Å²) in [4.78, 5) is 0. The average Bonchev–Trinajstić information content (AvgIpc) is 2.42. The van der Waals surface area contributed by atoms with Gasteiger partial charge < -0.3 is 5.32 Å². The van der Waals surface area contributed by atoms with E-state index >= 15 is 0 Å². The highest BCUT2D eigenvalue weighted by Crippen LogP contribution is 2.52. The van der Waals surface area contributed by atoms with Gasteiger partial charge in [-0.25, -0.2) is 4.39 Å². The quantitative estimate of drug-likeness (QED) is 0.588. The zero-order chi connectivity index (χ0) is 7.24. The topological polar surface area (TPSA) is 12.0 Å². The molecule has 2 saturated carbocycles. The van der Waals surface area contributed by atoms with Crippen molar-refractivity contribution in [3.63, 3.8) is 0 Å². The van der Waals surface area contributed by atoms with E-state index in [1.807, 2.05) is 7.05 Å². The molecule has 1 N–H and O–H groups in total. The Hall–Kier alpha value is -0.110. The molecule has 2 fully saturated rings. The molecule has 2 bridgehead atoms. The first-order chi connectivity index (χ1) is 4.68. The Bertz CT molecular complexity index is 147. The van der Waals surface area contributed by atoms with Gasteiger partial charge in [0, 0.05) is 5.54 Å². The van der Waals surface area contributed by atoms with Crippen LogP contribution in [0.3, 0.4) is 0 Å². The number of nitrogens with one attached hydrogen (secondary N) is 1. The van der Waals surface area contributed by atoms with Crippen LogP contribution in [-0.2, 0) is 0 Å². The fraction of sp³-hybridized carbons (Fsp3) is 1.00. The molecule has 0 spiro atoms. The molecule has 0 unspecified atom stereocenters. The molecule has 58 valence electrons. The van der Waals surface area contributed by atoms with Crippen molar-refractivity contribution in [2.24, 2.45) is 0 Å². The van der Waals surface area contributed by atoms with Gasteiger partial charge in [0.25, 0.3) is 0 Å². The van der Waals surface area contributed by atoms with Crippen LogP contribution in [0.5, 0.6) is 0 Å². The predicted octanol–water partition coefficient (Wildman–Crippen LogP) is 1.63.